The molecule has 7 heteroatoms. The van der Waals surface area contributed by atoms with Crippen LogP contribution >= 0.6 is 27.3 Å². The molecule has 1 aliphatic rings. The van der Waals surface area contributed by atoms with Crippen LogP contribution in [0, 0.1) is 0 Å². The molecule has 0 unspecified atom stereocenters. The van der Waals surface area contributed by atoms with Crippen LogP contribution in [0.15, 0.2) is 33.0 Å². The van der Waals surface area contributed by atoms with Gasteiger partial charge in [0.15, 0.2) is 9.80 Å². The third-order valence-corrected chi connectivity index (χ3v) is 4.55. The maximum absolute atomic E-state index is 12.3. The van der Waals surface area contributed by atoms with Crippen LogP contribution in [0.5, 0.6) is 0 Å². The Morgan fingerprint density at radius 3 is 2.74 bits per heavy atom. The predicted molar refractivity (Wildman–Crippen MR) is 76.6 cm³/mol. The largest absolute Gasteiger partial charge is 0.457 e. The summed E-state index contributed by atoms with van der Waals surface area (Å²) < 4.78 is 5.61. The summed E-state index contributed by atoms with van der Waals surface area (Å²) in [7, 11) is 0. The van der Waals surface area contributed by atoms with Crippen LogP contribution in [0.4, 0.5) is 5.13 Å². The van der Waals surface area contributed by atoms with Gasteiger partial charge in [0.25, 0.3) is 5.91 Å². The van der Waals surface area contributed by atoms with Crippen molar-refractivity contribution in [3.05, 3.63) is 34.1 Å². The van der Waals surface area contributed by atoms with Crippen molar-refractivity contribution in [3.63, 3.8) is 0 Å². The third kappa shape index (κ3) is 2.52. The molecule has 1 saturated heterocycles. The van der Waals surface area contributed by atoms with E-state index in [4.69, 9.17) is 4.42 Å². The number of rotatable bonds is 2. The van der Waals surface area contributed by atoms with Gasteiger partial charge < -0.3 is 14.2 Å². The number of anilines is 1. The number of carbonyl (C=O) groups excluding carboxylic acids is 1. The van der Waals surface area contributed by atoms with Gasteiger partial charge >= 0.3 is 0 Å². The van der Waals surface area contributed by atoms with Gasteiger partial charge in [-0.15, -0.1) is 11.3 Å². The molecule has 3 rings (SSSR count). The lowest BCUT2D eigenvalue weighted by Gasteiger charge is -2.34. The highest BCUT2D eigenvalue weighted by Gasteiger charge is 2.25. The lowest BCUT2D eigenvalue weighted by Crippen LogP contribution is -2.48. The van der Waals surface area contributed by atoms with Crippen molar-refractivity contribution in [2.75, 3.05) is 31.1 Å². The first-order valence-corrected chi connectivity index (χ1v) is 7.59. The van der Waals surface area contributed by atoms with E-state index in [9.17, 15) is 4.79 Å². The van der Waals surface area contributed by atoms with Crippen molar-refractivity contribution in [2.45, 2.75) is 0 Å². The molecule has 0 aliphatic carbocycles. The Balaban J connectivity index is 1.64. The molecule has 2 aromatic heterocycles. The van der Waals surface area contributed by atoms with Crippen LogP contribution in [0.1, 0.15) is 10.4 Å². The minimum Gasteiger partial charge on any atom is -0.457 e. The molecule has 19 heavy (non-hydrogen) atoms. The molecular formula is C12H12BrN3O2S. The van der Waals surface area contributed by atoms with Gasteiger partial charge in [-0.3, -0.25) is 4.79 Å². The number of amides is 1. The molecular weight excluding hydrogens is 330 g/mol. The molecule has 1 aliphatic heterocycles. The summed E-state index contributed by atoms with van der Waals surface area (Å²) in [6, 6.07) is 1.69. The number of furan rings is 1. The summed E-state index contributed by atoms with van der Waals surface area (Å²) in [6.45, 7) is 3.04. The number of hydrogen-bond acceptors (Lipinski definition) is 5. The van der Waals surface area contributed by atoms with E-state index >= 15 is 0 Å². The first-order chi connectivity index (χ1) is 9.25. The van der Waals surface area contributed by atoms with Gasteiger partial charge in [-0.2, -0.15) is 0 Å². The van der Waals surface area contributed by atoms with Crippen molar-refractivity contribution in [1.29, 1.82) is 0 Å². The molecule has 2 aromatic rings. The monoisotopic (exact) mass is 341 g/mol. The summed E-state index contributed by atoms with van der Waals surface area (Å²) >= 11 is 4.87. The van der Waals surface area contributed by atoms with Crippen molar-refractivity contribution in [2.24, 2.45) is 0 Å². The molecule has 0 atom stereocenters. The van der Waals surface area contributed by atoms with Crippen LogP contribution in [-0.2, 0) is 0 Å². The average molecular weight is 342 g/mol. The molecule has 1 fully saturated rings. The zero-order chi connectivity index (χ0) is 13.2. The lowest BCUT2D eigenvalue weighted by atomic mass is 10.2. The number of thiazole rings is 1. The van der Waals surface area contributed by atoms with Crippen LogP contribution in [-0.4, -0.2) is 42.0 Å². The molecule has 5 nitrogen and oxygen atoms in total. The van der Waals surface area contributed by atoms with Crippen molar-refractivity contribution >= 4 is 38.3 Å². The Morgan fingerprint density at radius 1 is 1.37 bits per heavy atom. The second-order valence-corrected chi connectivity index (χ2v) is 5.80. The summed E-state index contributed by atoms with van der Waals surface area (Å²) in [5.74, 6) is 0.0133. The van der Waals surface area contributed by atoms with E-state index in [-0.39, 0.29) is 5.91 Å². The van der Waals surface area contributed by atoms with E-state index in [2.05, 4.69) is 25.8 Å². The predicted octanol–water partition coefficient (Wildman–Crippen LogP) is 2.46. The van der Waals surface area contributed by atoms with Crippen molar-refractivity contribution < 1.29 is 9.21 Å². The minimum absolute atomic E-state index is 0.0133. The molecule has 0 N–H and O–H groups in total. The van der Waals surface area contributed by atoms with E-state index in [0.29, 0.717) is 23.3 Å². The molecule has 1 amide bonds. The van der Waals surface area contributed by atoms with Gasteiger partial charge in [-0.1, -0.05) is 0 Å². The SMILES string of the molecule is O=C(c1ccoc1Br)N1CCN(c2nccs2)CC1. The van der Waals surface area contributed by atoms with Gasteiger partial charge in [0.05, 0.1) is 11.8 Å². The van der Waals surface area contributed by atoms with Crippen molar-refractivity contribution in [3.8, 4) is 0 Å². The second kappa shape index (κ2) is 5.34. The van der Waals surface area contributed by atoms with E-state index in [1.165, 1.54) is 6.26 Å². The van der Waals surface area contributed by atoms with Gasteiger partial charge in [0.1, 0.15) is 0 Å². The fourth-order valence-corrected chi connectivity index (χ4v) is 3.20. The Bertz CT molecular complexity index is 561. The highest BCUT2D eigenvalue weighted by molar-refractivity contribution is 9.10. The van der Waals surface area contributed by atoms with Crippen molar-refractivity contribution in [1.82, 2.24) is 9.88 Å². The Hall–Kier alpha value is -1.34. The standard InChI is InChI=1S/C12H12BrN3O2S/c13-10-9(1-7-18-10)11(17)15-3-5-16(6-4-15)12-14-2-8-19-12/h1-2,7-8H,3-6H2. The van der Waals surface area contributed by atoms with E-state index in [1.54, 1.807) is 23.6 Å². The number of nitrogens with zero attached hydrogens (tertiary/aromatic N) is 3. The number of carbonyl (C=O) groups is 1. The topological polar surface area (TPSA) is 49.6 Å². The quantitative estimate of drug-likeness (QED) is 0.841. The lowest BCUT2D eigenvalue weighted by molar-refractivity contribution is 0.0745. The van der Waals surface area contributed by atoms with Gasteiger partial charge in [0, 0.05) is 37.8 Å². The van der Waals surface area contributed by atoms with E-state index in [0.717, 1.165) is 18.2 Å². The number of piperazine rings is 1. The summed E-state index contributed by atoms with van der Waals surface area (Å²) in [5, 5.41) is 2.99. The average Bonchev–Trinajstić information content (AvgIpc) is 3.09. The van der Waals surface area contributed by atoms with Gasteiger partial charge in [-0.05, 0) is 22.0 Å². The molecule has 0 radical (unpaired) electrons. The summed E-state index contributed by atoms with van der Waals surface area (Å²) in [6.07, 6.45) is 3.32. The zero-order valence-electron chi connectivity index (χ0n) is 10.1. The van der Waals surface area contributed by atoms with Gasteiger partial charge in [-0.25, -0.2) is 4.98 Å². The number of halogens is 1. The Kier molecular flexibility index (Phi) is 3.56. The molecule has 0 spiro atoms. The Labute approximate surface area is 123 Å². The summed E-state index contributed by atoms with van der Waals surface area (Å²) in [5.41, 5.74) is 0.586. The molecule has 3 heterocycles. The van der Waals surface area contributed by atoms with Crippen LogP contribution in [0.3, 0.4) is 0 Å². The van der Waals surface area contributed by atoms with Gasteiger partial charge in [0.2, 0.25) is 0 Å². The third-order valence-electron chi connectivity index (χ3n) is 3.11. The Morgan fingerprint density at radius 2 is 2.16 bits per heavy atom. The van der Waals surface area contributed by atoms with Crippen LogP contribution in [0.2, 0.25) is 0 Å². The molecule has 0 bridgehead atoms. The summed E-state index contributed by atoms with van der Waals surface area (Å²) in [4.78, 5) is 20.6. The van der Waals surface area contributed by atoms with Crippen LogP contribution < -0.4 is 4.90 Å². The number of aromatic nitrogens is 1. The smallest absolute Gasteiger partial charge is 0.258 e. The second-order valence-electron chi connectivity index (χ2n) is 4.20. The zero-order valence-corrected chi connectivity index (χ0v) is 12.5. The maximum atomic E-state index is 12.3. The first-order valence-electron chi connectivity index (χ1n) is 5.92. The number of hydrogen-bond donors (Lipinski definition) is 0. The minimum atomic E-state index is 0.0133. The van der Waals surface area contributed by atoms with Crippen LogP contribution in [0.25, 0.3) is 0 Å². The fraction of sp³-hybridized carbons (Fsp3) is 0.333. The highest BCUT2D eigenvalue weighted by atomic mass is 79.9. The molecule has 0 aromatic carbocycles. The fourth-order valence-electron chi connectivity index (χ4n) is 2.09. The maximum Gasteiger partial charge on any atom is 0.258 e. The normalized spacial score (nSPS) is 15.8. The first kappa shape index (κ1) is 12.7. The molecule has 100 valence electrons. The molecule has 0 saturated carbocycles. The van der Waals surface area contributed by atoms with E-state index < -0.39 is 0 Å². The highest BCUT2D eigenvalue weighted by Crippen LogP contribution is 2.22. The van der Waals surface area contributed by atoms with E-state index in [1.807, 2.05) is 10.3 Å².